The molecule has 1 aromatic carbocycles. The molecule has 18 heavy (non-hydrogen) atoms. The molecule has 0 saturated heterocycles. The van der Waals surface area contributed by atoms with E-state index in [1.165, 1.54) is 6.07 Å². The molecule has 0 radical (unpaired) electrons. The van der Waals surface area contributed by atoms with E-state index in [0.717, 1.165) is 11.3 Å². The molecule has 0 atom stereocenters. The normalized spacial score (nSPS) is 10.4. The number of rotatable bonds is 4. The molecule has 2 nitrogen and oxygen atoms in total. The van der Waals surface area contributed by atoms with Gasteiger partial charge in [-0.1, -0.05) is 28.1 Å². The van der Waals surface area contributed by atoms with Gasteiger partial charge in [0.25, 0.3) is 0 Å². The third kappa shape index (κ3) is 3.29. The molecule has 0 spiro atoms. The molecule has 0 amide bonds. The van der Waals surface area contributed by atoms with Gasteiger partial charge in [0.1, 0.15) is 18.2 Å². The predicted molar refractivity (Wildman–Crippen MR) is 75.3 cm³/mol. The van der Waals surface area contributed by atoms with Gasteiger partial charge in [-0.25, -0.2) is 4.39 Å². The summed E-state index contributed by atoms with van der Waals surface area (Å²) in [6.45, 7) is 0.299. The molecule has 0 aliphatic rings. The van der Waals surface area contributed by atoms with Crippen molar-refractivity contribution in [3.63, 3.8) is 0 Å². The van der Waals surface area contributed by atoms with E-state index in [1.807, 2.05) is 18.2 Å². The lowest BCUT2D eigenvalue weighted by Crippen LogP contribution is -1.98. The first-order valence-corrected chi connectivity index (χ1v) is 7.18. The number of hydrogen-bond acceptors (Lipinski definition) is 2. The highest BCUT2D eigenvalue weighted by atomic mass is 79.9. The van der Waals surface area contributed by atoms with Crippen LogP contribution in [0.4, 0.5) is 4.39 Å². The van der Waals surface area contributed by atoms with Crippen molar-refractivity contribution in [2.24, 2.45) is 0 Å². The minimum absolute atomic E-state index is 0.288. The lowest BCUT2D eigenvalue weighted by molar-refractivity contribution is 0.303. The summed E-state index contributed by atoms with van der Waals surface area (Å²) in [4.78, 5) is 4.19. The Kier molecular flexibility index (Phi) is 4.72. The highest BCUT2D eigenvalue weighted by molar-refractivity contribution is 9.10. The molecule has 0 aliphatic carbocycles. The number of hydrogen-bond donors (Lipinski definition) is 0. The average molecular weight is 375 g/mol. The van der Waals surface area contributed by atoms with Gasteiger partial charge in [0.15, 0.2) is 0 Å². The summed E-state index contributed by atoms with van der Waals surface area (Å²) < 4.78 is 19.3. The number of benzene rings is 1. The largest absolute Gasteiger partial charge is 0.487 e. The number of pyridine rings is 1. The summed E-state index contributed by atoms with van der Waals surface area (Å²) in [6.07, 6.45) is 1.66. The first-order chi connectivity index (χ1) is 8.70. The Morgan fingerprint density at radius 1 is 1.22 bits per heavy atom. The zero-order valence-electron chi connectivity index (χ0n) is 9.37. The van der Waals surface area contributed by atoms with Crippen molar-refractivity contribution in [2.45, 2.75) is 11.9 Å². The zero-order valence-corrected chi connectivity index (χ0v) is 12.5. The summed E-state index contributed by atoms with van der Waals surface area (Å²) in [5.74, 6) is 0.375. The Bertz CT molecular complexity index is 531. The Labute approximate surface area is 121 Å². The molecule has 2 aromatic rings. The molecule has 1 aromatic heterocycles. The van der Waals surface area contributed by atoms with Crippen LogP contribution in [0.5, 0.6) is 5.75 Å². The minimum atomic E-state index is -0.288. The molecule has 0 N–H and O–H groups in total. The van der Waals surface area contributed by atoms with E-state index in [9.17, 15) is 4.39 Å². The third-order valence-corrected chi connectivity index (χ3v) is 3.82. The monoisotopic (exact) mass is 373 g/mol. The Morgan fingerprint density at radius 2 is 2.06 bits per heavy atom. The molecule has 2 rings (SSSR count). The maximum atomic E-state index is 13.3. The van der Waals surface area contributed by atoms with E-state index in [0.29, 0.717) is 22.2 Å². The van der Waals surface area contributed by atoms with Crippen LogP contribution in [0.2, 0.25) is 0 Å². The lowest BCUT2D eigenvalue weighted by atomic mass is 10.2. The van der Waals surface area contributed by atoms with Gasteiger partial charge < -0.3 is 4.74 Å². The Hall–Kier alpha value is -0.940. The van der Waals surface area contributed by atoms with Crippen molar-refractivity contribution in [1.29, 1.82) is 0 Å². The van der Waals surface area contributed by atoms with Crippen LogP contribution in [-0.2, 0) is 11.9 Å². The standard InChI is InChI=1S/C13H10Br2FNO/c14-6-10-4-5-11(7-17-10)18-8-9-2-1-3-12(16)13(9)15/h1-5,7H,6,8H2. The maximum Gasteiger partial charge on any atom is 0.138 e. The summed E-state index contributed by atoms with van der Waals surface area (Å²) in [6, 6.07) is 8.60. The van der Waals surface area contributed by atoms with Gasteiger partial charge in [-0.3, -0.25) is 4.98 Å². The molecular weight excluding hydrogens is 365 g/mol. The molecule has 0 bridgehead atoms. The lowest BCUT2D eigenvalue weighted by Gasteiger charge is -2.08. The first kappa shape index (κ1) is 13.5. The van der Waals surface area contributed by atoms with Crippen LogP contribution < -0.4 is 4.74 Å². The average Bonchev–Trinajstić information content (AvgIpc) is 2.41. The molecule has 0 fully saturated rings. The number of halogens is 3. The van der Waals surface area contributed by atoms with Gasteiger partial charge in [0.2, 0.25) is 0 Å². The fourth-order valence-electron chi connectivity index (χ4n) is 1.40. The van der Waals surface area contributed by atoms with Gasteiger partial charge in [-0.15, -0.1) is 0 Å². The zero-order chi connectivity index (χ0) is 13.0. The van der Waals surface area contributed by atoms with Crippen molar-refractivity contribution in [3.8, 4) is 5.75 Å². The van der Waals surface area contributed by atoms with Crippen LogP contribution in [0.1, 0.15) is 11.3 Å². The number of ether oxygens (including phenoxy) is 1. The quantitative estimate of drug-likeness (QED) is 0.737. The van der Waals surface area contributed by atoms with Gasteiger partial charge in [0.05, 0.1) is 16.4 Å². The van der Waals surface area contributed by atoms with Crippen LogP contribution in [-0.4, -0.2) is 4.98 Å². The van der Waals surface area contributed by atoms with Crippen molar-refractivity contribution < 1.29 is 9.13 Å². The maximum absolute atomic E-state index is 13.3. The molecular formula is C13H10Br2FNO. The van der Waals surface area contributed by atoms with E-state index in [2.05, 4.69) is 36.8 Å². The second kappa shape index (κ2) is 6.29. The van der Waals surface area contributed by atoms with Crippen LogP contribution in [0, 0.1) is 5.82 Å². The minimum Gasteiger partial charge on any atom is -0.487 e. The van der Waals surface area contributed by atoms with E-state index >= 15 is 0 Å². The molecule has 1 heterocycles. The van der Waals surface area contributed by atoms with Crippen molar-refractivity contribution in [1.82, 2.24) is 4.98 Å². The van der Waals surface area contributed by atoms with Crippen LogP contribution in [0.3, 0.4) is 0 Å². The van der Waals surface area contributed by atoms with Gasteiger partial charge in [-0.05, 0) is 34.1 Å². The van der Waals surface area contributed by atoms with Crippen molar-refractivity contribution >= 4 is 31.9 Å². The van der Waals surface area contributed by atoms with E-state index < -0.39 is 0 Å². The SMILES string of the molecule is Fc1cccc(COc2ccc(CBr)nc2)c1Br. The van der Waals surface area contributed by atoms with Crippen LogP contribution in [0.25, 0.3) is 0 Å². The van der Waals surface area contributed by atoms with Crippen molar-refractivity contribution in [3.05, 3.63) is 58.1 Å². The van der Waals surface area contributed by atoms with Gasteiger partial charge in [0, 0.05) is 10.9 Å². The fraction of sp³-hybridized carbons (Fsp3) is 0.154. The predicted octanol–water partition coefficient (Wildman–Crippen LogP) is 4.46. The molecule has 0 unspecified atom stereocenters. The summed E-state index contributed by atoms with van der Waals surface area (Å²) >= 11 is 6.52. The summed E-state index contributed by atoms with van der Waals surface area (Å²) in [5, 5.41) is 0.711. The number of aromatic nitrogens is 1. The van der Waals surface area contributed by atoms with Crippen molar-refractivity contribution in [2.75, 3.05) is 0 Å². The highest BCUT2D eigenvalue weighted by Crippen LogP contribution is 2.22. The first-order valence-electron chi connectivity index (χ1n) is 5.27. The molecule has 0 saturated carbocycles. The van der Waals surface area contributed by atoms with Crippen LogP contribution >= 0.6 is 31.9 Å². The van der Waals surface area contributed by atoms with Crippen LogP contribution in [0.15, 0.2) is 41.0 Å². The fourth-order valence-corrected chi connectivity index (χ4v) is 2.11. The molecule has 0 aliphatic heterocycles. The van der Waals surface area contributed by atoms with E-state index in [1.54, 1.807) is 12.3 Å². The van der Waals surface area contributed by atoms with Gasteiger partial charge in [-0.2, -0.15) is 0 Å². The Balaban J connectivity index is 2.04. The highest BCUT2D eigenvalue weighted by Gasteiger charge is 2.05. The summed E-state index contributed by atoms with van der Waals surface area (Å²) in [7, 11) is 0. The summed E-state index contributed by atoms with van der Waals surface area (Å²) in [5.41, 5.74) is 1.70. The van der Waals surface area contributed by atoms with E-state index in [4.69, 9.17) is 4.74 Å². The second-order valence-corrected chi connectivity index (χ2v) is 4.97. The van der Waals surface area contributed by atoms with Gasteiger partial charge >= 0.3 is 0 Å². The molecule has 94 valence electrons. The number of nitrogens with zero attached hydrogens (tertiary/aromatic N) is 1. The smallest absolute Gasteiger partial charge is 0.138 e. The number of alkyl halides is 1. The second-order valence-electron chi connectivity index (χ2n) is 3.62. The van der Waals surface area contributed by atoms with E-state index in [-0.39, 0.29) is 5.82 Å². The Morgan fingerprint density at radius 3 is 2.72 bits per heavy atom. The topological polar surface area (TPSA) is 22.1 Å². The molecule has 5 heteroatoms. The third-order valence-electron chi connectivity index (χ3n) is 2.36.